The molecule has 5 nitrogen and oxygen atoms in total. The topological polar surface area (TPSA) is 58.9 Å². The molecule has 0 bridgehead atoms. The van der Waals surface area contributed by atoms with Crippen molar-refractivity contribution in [2.45, 2.75) is 6.92 Å². The zero-order chi connectivity index (χ0) is 8.84. The number of hydrogen-bond acceptors (Lipinski definition) is 3. The minimum absolute atomic E-state index is 0.786. The predicted molar refractivity (Wildman–Crippen MR) is 47.4 cm³/mol. The summed E-state index contributed by atoms with van der Waals surface area (Å²) in [5, 5.41) is 6.76. The quantitative estimate of drug-likeness (QED) is 0.549. The molecule has 5 heteroatoms. The number of aromatic nitrogens is 5. The van der Waals surface area contributed by atoms with Gasteiger partial charge in [-0.2, -0.15) is 5.10 Å². The molecule has 0 aromatic carbocycles. The van der Waals surface area contributed by atoms with E-state index in [-0.39, 0.29) is 0 Å². The van der Waals surface area contributed by atoms with E-state index >= 15 is 0 Å². The number of hydrogen-bond donors (Lipinski definition) is 1. The lowest BCUT2D eigenvalue weighted by molar-refractivity contribution is 1.10. The maximum absolute atomic E-state index is 4.21. The molecule has 0 atom stereocenters. The molecule has 1 N–H and O–H groups in total. The summed E-state index contributed by atoms with van der Waals surface area (Å²) in [5.41, 5.74) is 3.69. The smallest absolute Gasteiger partial charge is 0.172 e. The molecule has 13 heavy (non-hydrogen) atoms. The van der Waals surface area contributed by atoms with Crippen molar-refractivity contribution in [3.05, 3.63) is 24.3 Å². The highest BCUT2D eigenvalue weighted by molar-refractivity contribution is 5.72. The van der Waals surface area contributed by atoms with Crippen LogP contribution in [-0.4, -0.2) is 24.6 Å². The number of aromatic amines is 1. The van der Waals surface area contributed by atoms with Crippen LogP contribution in [0.5, 0.6) is 0 Å². The first-order chi connectivity index (χ1) is 6.36. The van der Waals surface area contributed by atoms with Gasteiger partial charge in [0.2, 0.25) is 0 Å². The van der Waals surface area contributed by atoms with E-state index < -0.39 is 0 Å². The summed E-state index contributed by atoms with van der Waals surface area (Å²) in [6.45, 7) is 2.01. The summed E-state index contributed by atoms with van der Waals surface area (Å²) >= 11 is 0. The van der Waals surface area contributed by atoms with Gasteiger partial charge in [0.25, 0.3) is 0 Å². The average Bonchev–Trinajstić information content (AvgIpc) is 2.70. The number of fused-ring (bicyclic) bond motifs is 3. The van der Waals surface area contributed by atoms with Crippen LogP contribution in [-0.2, 0) is 0 Å². The van der Waals surface area contributed by atoms with Crippen LogP contribution in [0, 0.1) is 6.92 Å². The molecule has 0 aliphatic heterocycles. The van der Waals surface area contributed by atoms with Crippen LogP contribution in [0.15, 0.2) is 18.6 Å². The van der Waals surface area contributed by atoms with E-state index in [1.165, 1.54) is 0 Å². The normalized spacial score (nSPS) is 11.5. The van der Waals surface area contributed by atoms with Crippen molar-refractivity contribution < 1.29 is 0 Å². The maximum Gasteiger partial charge on any atom is 0.172 e. The number of nitrogens with zero attached hydrogens (tertiary/aromatic N) is 4. The maximum atomic E-state index is 4.21. The fraction of sp³-hybridized carbons (Fsp3) is 0.125. The van der Waals surface area contributed by atoms with E-state index in [1.807, 2.05) is 17.5 Å². The van der Waals surface area contributed by atoms with Gasteiger partial charge < -0.3 is 0 Å². The third-order valence-corrected chi connectivity index (χ3v) is 2.12. The van der Waals surface area contributed by atoms with Crippen molar-refractivity contribution in [1.82, 2.24) is 24.6 Å². The van der Waals surface area contributed by atoms with Gasteiger partial charge in [-0.15, -0.1) is 0 Å². The molecular weight excluding hydrogens is 166 g/mol. The first-order valence-corrected chi connectivity index (χ1v) is 3.98. The Balaban J connectivity index is 2.70. The molecule has 0 aliphatic carbocycles. The lowest BCUT2D eigenvalue weighted by Crippen LogP contribution is -1.90. The van der Waals surface area contributed by atoms with Gasteiger partial charge in [-0.05, 0) is 6.92 Å². The average molecular weight is 173 g/mol. The highest BCUT2D eigenvalue weighted by Gasteiger charge is 2.05. The van der Waals surface area contributed by atoms with E-state index in [0.29, 0.717) is 0 Å². The van der Waals surface area contributed by atoms with Crippen LogP contribution in [0.3, 0.4) is 0 Å². The van der Waals surface area contributed by atoms with Crippen molar-refractivity contribution in [2.75, 3.05) is 0 Å². The predicted octanol–water partition coefficient (Wildman–Crippen LogP) is 0.914. The monoisotopic (exact) mass is 173 g/mol. The summed E-state index contributed by atoms with van der Waals surface area (Å²) in [7, 11) is 0. The third kappa shape index (κ3) is 0.729. The highest BCUT2D eigenvalue weighted by atomic mass is 15.2. The number of H-pyrrole nitrogens is 1. The summed E-state index contributed by atoms with van der Waals surface area (Å²) in [6.07, 6.45) is 5.31. The van der Waals surface area contributed by atoms with Gasteiger partial charge in [-0.3, -0.25) is 9.50 Å². The largest absolute Gasteiger partial charge is 0.291 e. The number of aryl methyl sites for hydroxylation is 1. The van der Waals surface area contributed by atoms with Crippen LogP contribution in [0.2, 0.25) is 0 Å². The van der Waals surface area contributed by atoms with Crippen LogP contribution in [0.4, 0.5) is 0 Å². The Labute approximate surface area is 73.4 Å². The Kier molecular flexibility index (Phi) is 1.05. The number of nitrogens with one attached hydrogen (secondary N) is 1. The zero-order valence-corrected chi connectivity index (χ0v) is 7.02. The van der Waals surface area contributed by atoms with Crippen molar-refractivity contribution in [1.29, 1.82) is 0 Å². The summed E-state index contributed by atoms with van der Waals surface area (Å²) in [6, 6.07) is 0. The Hall–Kier alpha value is -1.91. The Morgan fingerprint density at radius 1 is 1.23 bits per heavy atom. The van der Waals surface area contributed by atoms with E-state index in [4.69, 9.17) is 0 Å². The van der Waals surface area contributed by atoms with Gasteiger partial charge in [0.1, 0.15) is 5.52 Å². The molecule has 0 aliphatic rings. The highest BCUT2D eigenvalue weighted by Crippen LogP contribution is 2.12. The van der Waals surface area contributed by atoms with E-state index in [1.54, 1.807) is 12.4 Å². The lowest BCUT2D eigenvalue weighted by atomic mass is 10.5. The molecule has 0 fully saturated rings. The van der Waals surface area contributed by atoms with E-state index in [9.17, 15) is 0 Å². The SMILES string of the molecule is Cc1cnc2cnc3[nH]ncc3n12. The molecule has 3 rings (SSSR count). The molecular formula is C8H7N5. The second kappa shape index (κ2) is 2.07. The first kappa shape index (κ1) is 6.59. The summed E-state index contributed by atoms with van der Waals surface area (Å²) < 4.78 is 2.02. The molecule has 0 saturated heterocycles. The Morgan fingerprint density at radius 2 is 2.15 bits per heavy atom. The molecule has 64 valence electrons. The van der Waals surface area contributed by atoms with Crippen LogP contribution < -0.4 is 0 Å². The second-order valence-corrected chi connectivity index (χ2v) is 2.96. The Bertz CT molecular complexity index is 576. The molecule has 3 heterocycles. The summed E-state index contributed by atoms with van der Waals surface area (Å²) in [5.74, 6) is 0. The molecule has 0 spiro atoms. The third-order valence-electron chi connectivity index (χ3n) is 2.12. The molecule has 3 aromatic heterocycles. The Morgan fingerprint density at radius 3 is 3.08 bits per heavy atom. The fourth-order valence-corrected chi connectivity index (χ4v) is 1.51. The van der Waals surface area contributed by atoms with Gasteiger partial charge in [0.05, 0.1) is 12.4 Å². The van der Waals surface area contributed by atoms with Crippen LogP contribution in [0.25, 0.3) is 16.8 Å². The van der Waals surface area contributed by atoms with E-state index in [0.717, 1.165) is 22.5 Å². The van der Waals surface area contributed by atoms with Gasteiger partial charge in [-0.1, -0.05) is 0 Å². The van der Waals surface area contributed by atoms with Gasteiger partial charge in [0.15, 0.2) is 11.3 Å². The first-order valence-electron chi connectivity index (χ1n) is 3.98. The van der Waals surface area contributed by atoms with Crippen LogP contribution >= 0.6 is 0 Å². The minimum Gasteiger partial charge on any atom is -0.291 e. The molecule has 3 aromatic rings. The standard InChI is InChI=1S/C8H7N5/c1-5-2-9-7-4-10-8-6(13(5)7)3-11-12-8/h2-4H,1H3,(H,11,12). The molecule has 0 saturated carbocycles. The van der Waals surface area contributed by atoms with Crippen molar-refractivity contribution in [3.63, 3.8) is 0 Å². The fourth-order valence-electron chi connectivity index (χ4n) is 1.51. The van der Waals surface area contributed by atoms with Crippen molar-refractivity contribution >= 4 is 16.8 Å². The van der Waals surface area contributed by atoms with Crippen molar-refractivity contribution in [2.24, 2.45) is 0 Å². The molecule has 0 amide bonds. The van der Waals surface area contributed by atoms with Gasteiger partial charge >= 0.3 is 0 Å². The number of rotatable bonds is 0. The molecule has 0 unspecified atom stereocenters. The van der Waals surface area contributed by atoms with Gasteiger partial charge in [-0.25, -0.2) is 9.97 Å². The van der Waals surface area contributed by atoms with Crippen LogP contribution in [0.1, 0.15) is 5.69 Å². The lowest BCUT2D eigenvalue weighted by Gasteiger charge is -1.96. The molecule has 0 radical (unpaired) electrons. The second-order valence-electron chi connectivity index (χ2n) is 2.96. The van der Waals surface area contributed by atoms with Crippen molar-refractivity contribution in [3.8, 4) is 0 Å². The minimum atomic E-state index is 0.786. The number of imidazole rings is 1. The van der Waals surface area contributed by atoms with E-state index in [2.05, 4.69) is 20.2 Å². The van der Waals surface area contributed by atoms with Gasteiger partial charge in [0, 0.05) is 11.9 Å². The zero-order valence-electron chi connectivity index (χ0n) is 7.02. The summed E-state index contributed by atoms with van der Waals surface area (Å²) in [4.78, 5) is 8.39.